The maximum Gasteiger partial charge on any atom is 0.295 e. The Hall–Kier alpha value is -3.78. The molecule has 1 N–H and O–H groups in total. The Morgan fingerprint density at radius 3 is 2.41 bits per heavy atom. The highest BCUT2D eigenvalue weighted by atomic mass is 19.1. The van der Waals surface area contributed by atoms with Gasteiger partial charge in [-0.25, -0.2) is 9.07 Å². The molecule has 1 atom stereocenters. The summed E-state index contributed by atoms with van der Waals surface area (Å²) >= 11 is 0. The van der Waals surface area contributed by atoms with Crippen LogP contribution >= 0.6 is 0 Å². The van der Waals surface area contributed by atoms with Gasteiger partial charge in [0.25, 0.3) is 11.7 Å². The Balaban J connectivity index is 1.80. The van der Waals surface area contributed by atoms with Crippen LogP contribution in [0.4, 0.5) is 4.39 Å². The molecule has 8 heteroatoms. The van der Waals surface area contributed by atoms with Crippen LogP contribution in [0.5, 0.6) is 0 Å². The summed E-state index contributed by atoms with van der Waals surface area (Å²) in [6, 6.07) is 14.2. The van der Waals surface area contributed by atoms with Crippen LogP contribution < -0.4 is 0 Å². The standard InChI is InChI=1S/C26H27FN4O3/c1-17-21(16-28-31(17)20-8-5-4-6-9-20)24(32)22-23(18-10-12-19(27)13-11-18)30(26(34)25(22)33)15-7-14-29(2)3/h4-6,8-13,16,23,32H,7,14-15H2,1-3H3/t23-/m1/s1. The van der Waals surface area contributed by atoms with Crippen LogP contribution in [-0.4, -0.2) is 63.6 Å². The fourth-order valence-corrected chi connectivity index (χ4v) is 4.28. The minimum absolute atomic E-state index is 0.0165. The number of halogens is 1. The van der Waals surface area contributed by atoms with Gasteiger partial charge < -0.3 is 14.9 Å². The normalized spacial score (nSPS) is 17.7. The van der Waals surface area contributed by atoms with Crippen molar-refractivity contribution in [1.82, 2.24) is 19.6 Å². The van der Waals surface area contributed by atoms with Crippen LogP contribution in [0.2, 0.25) is 0 Å². The smallest absolute Gasteiger partial charge is 0.295 e. The van der Waals surface area contributed by atoms with Gasteiger partial charge in [-0.3, -0.25) is 9.59 Å². The number of carbonyl (C=O) groups is 2. The molecule has 0 spiro atoms. The maximum absolute atomic E-state index is 13.6. The van der Waals surface area contributed by atoms with Gasteiger partial charge in [0.1, 0.15) is 11.6 Å². The van der Waals surface area contributed by atoms with Crippen LogP contribution in [0.3, 0.4) is 0 Å². The van der Waals surface area contributed by atoms with E-state index in [0.717, 1.165) is 12.2 Å². The van der Waals surface area contributed by atoms with E-state index in [1.54, 1.807) is 23.7 Å². The number of para-hydroxylation sites is 1. The first-order valence-corrected chi connectivity index (χ1v) is 11.1. The third-order valence-corrected chi connectivity index (χ3v) is 6.00. The molecule has 0 unspecified atom stereocenters. The zero-order valence-corrected chi connectivity index (χ0v) is 19.4. The molecule has 1 amide bonds. The maximum atomic E-state index is 13.6. The van der Waals surface area contributed by atoms with E-state index in [-0.39, 0.29) is 11.3 Å². The number of hydrogen-bond acceptors (Lipinski definition) is 5. The average molecular weight is 463 g/mol. The van der Waals surface area contributed by atoms with Crippen molar-refractivity contribution < 1.29 is 19.1 Å². The molecular formula is C26H27FN4O3. The monoisotopic (exact) mass is 462 g/mol. The van der Waals surface area contributed by atoms with Crippen molar-refractivity contribution in [3.63, 3.8) is 0 Å². The molecule has 0 bridgehead atoms. The summed E-state index contributed by atoms with van der Waals surface area (Å²) in [5.41, 5.74) is 2.33. The molecule has 4 rings (SSSR count). The van der Waals surface area contributed by atoms with Crippen molar-refractivity contribution >= 4 is 17.4 Å². The summed E-state index contributed by atoms with van der Waals surface area (Å²) in [4.78, 5) is 29.6. The van der Waals surface area contributed by atoms with Gasteiger partial charge >= 0.3 is 0 Å². The van der Waals surface area contributed by atoms with E-state index in [9.17, 15) is 19.1 Å². The summed E-state index contributed by atoms with van der Waals surface area (Å²) in [6.07, 6.45) is 2.13. The summed E-state index contributed by atoms with van der Waals surface area (Å²) < 4.78 is 15.3. The van der Waals surface area contributed by atoms with Gasteiger partial charge in [-0.1, -0.05) is 30.3 Å². The SMILES string of the molecule is Cc1c(C(O)=C2C(=O)C(=O)N(CCCN(C)C)[C@@H]2c2ccc(F)cc2)cnn1-c1ccccc1. The number of hydrogen-bond donors (Lipinski definition) is 1. The molecule has 1 fully saturated rings. The van der Waals surface area contributed by atoms with Crippen molar-refractivity contribution in [2.75, 3.05) is 27.2 Å². The molecule has 1 aromatic heterocycles. The summed E-state index contributed by atoms with van der Waals surface area (Å²) in [7, 11) is 3.86. The molecule has 1 aliphatic rings. The number of likely N-dealkylation sites (tertiary alicyclic amines) is 1. The molecule has 2 aromatic carbocycles. The number of benzene rings is 2. The molecule has 0 aliphatic carbocycles. The van der Waals surface area contributed by atoms with Gasteiger partial charge in [0.05, 0.1) is 34.8 Å². The van der Waals surface area contributed by atoms with Crippen LogP contribution in [0.1, 0.15) is 29.3 Å². The van der Waals surface area contributed by atoms with E-state index in [0.29, 0.717) is 29.8 Å². The van der Waals surface area contributed by atoms with Crippen molar-refractivity contribution in [2.45, 2.75) is 19.4 Å². The lowest BCUT2D eigenvalue weighted by Gasteiger charge is -2.26. The predicted octanol–water partition coefficient (Wildman–Crippen LogP) is 3.69. The number of aliphatic hydroxyl groups excluding tert-OH is 1. The molecule has 0 radical (unpaired) electrons. The molecular weight excluding hydrogens is 435 g/mol. The third kappa shape index (κ3) is 4.36. The second-order valence-electron chi connectivity index (χ2n) is 8.59. The minimum atomic E-state index is -0.817. The lowest BCUT2D eigenvalue weighted by molar-refractivity contribution is -0.139. The van der Waals surface area contributed by atoms with Gasteiger partial charge in [-0.15, -0.1) is 0 Å². The van der Waals surface area contributed by atoms with Gasteiger partial charge in [-0.2, -0.15) is 5.10 Å². The van der Waals surface area contributed by atoms with Gasteiger partial charge in [0.2, 0.25) is 0 Å². The number of aromatic nitrogens is 2. The highest BCUT2D eigenvalue weighted by Gasteiger charge is 2.46. The first-order chi connectivity index (χ1) is 16.3. The number of ketones is 1. The van der Waals surface area contributed by atoms with E-state index in [1.165, 1.54) is 23.2 Å². The first kappa shape index (κ1) is 23.4. The molecule has 176 valence electrons. The number of amides is 1. The Bertz CT molecular complexity index is 1230. The van der Waals surface area contributed by atoms with Crippen LogP contribution in [0, 0.1) is 12.7 Å². The van der Waals surface area contributed by atoms with Crippen LogP contribution in [0.15, 0.2) is 66.4 Å². The van der Waals surface area contributed by atoms with Crippen LogP contribution in [-0.2, 0) is 9.59 Å². The number of nitrogens with zero attached hydrogens (tertiary/aromatic N) is 4. The Morgan fingerprint density at radius 1 is 1.09 bits per heavy atom. The zero-order chi connectivity index (χ0) is 24.4. The van der Waals surface area contributed by atoms with E-state index >= 15 is 0 Å². The third-order valence-electron chi connectivity index (χ3n) is 6.00. The highest BCUT2D eigenvalue weighted by molar-refractivity contribution is 6.46. The quantitative estimate of drug-likeness (QED) is 0.329. The van der Waals surface area contributed by atoms with Crippen molar-refractivity contribution in [2.24, 2.45) is 0 Å². The topological polar surface area (TPSA) is 78.7 Å². The van der Waals surface area contributed by atoms with Crippen molar-refractivity contribution in [3.05, 3.63) is 89.0 Å². The second kappa shape index (κ2) is 9.61. The number of Topliss-reactive ketones (excluding diaryl/α,β-unsaturated/α-hetero) is 1. The second-order valence-corrected chi connectivity index (χ2v) is 8.59. The van der Waals surface area contributed by atoms with E-state index in [4.69, 9.17) is 0 Å². The summed E-state index contributed by atoms with van der Waals surface area (Å²) in [5.74, 6) is -2.15. The molecule has 1 saturated heterocycles. The van der Waals surface area contributed by atoms with Gasteiger partial charge in [0.15, 0.2) is 0 Å². The minimum Gasteiger partial charge on any atom is -0.507 e. The molecule has 0 saturated carbocycles. The largest absolute Gasteiger partial charge is 0.507 e. The van der Waals surface area contributed by atoms with Crippen molar-refractivity contribution in [3.8, 4) is 5.69 Å². The van der Waals surface area contributed by atoms with Crippen molar-refractivity contribution in [1.29, 1.82) is 0 Å². The molecule has 7 nitrogen and oxygen atoms in total. The van der Waals surface area contributed by atoms with Crippen LogP contribution in [0.25, 0.3) is 11.4 Å². The van der Waals surface area contributed by atoms with E-state index in [1.807, 2.05) is 49.3 Å². The Kier molecular flexibility index (Phi) is 6.61. The molecule has 3 aromatic rings. The predicted molar refractivity (Wildman–Crippen MR) is 127 cm³/mol. The average Bonchev–Trinajstić information content (AvgIpc) is 3.32. The fraction of sp³-hybridized carbons (Fsp3) is 0.269. The molecule has 34 heavy (non-hydrogen) atoms. The molecule has 2 heterocycles. The number of rotatable bonds is 7. The first-order valence-electron chi connectivity index (χ1n) is 11.1. The number of aliphatic hydroxyl groups is 1. The highest BCUT2D eigenvalue weighted by Crippen LogP contribution is 2.40. The fourth-order valence-electron chi connectivity index (χ4n) is 4.28. The summed E-state index contributed by atoms with van der Waals surface area (Å²) in [5, 5.41) is 15.7. The Morgan fingerprint density at radius 2 is 1.76 bits per heavy atom. The number of carbonyl (C=O) groups excluding carboxylic acids is 2. The lowest BCUT2D eigenvalue weighted by Crippen LogP contribution is -2.32. The van der Waals surface area contributed by atoms with E-state index < -0.39 is 23.5 Å². The van der Waals surface area contributed by atoms with E-state index in [2.05, 4.69) is 5.10 Å². The summed E-state index contributed by atoms with van der Waals surface area (Å²) in [6.45, 7) is 2.83. The molecule has 1 aliphatic heterocycles. The lowest BCUT2D eigenvalue weighted by atomic mass is 9.95. The Labute approximate surface area is 197 Å². The van der Waals surface area contributed by atoms with Gasteiger partial charge in [0, 0.05) is 6.54 Å². The zero-order valence-electron chi connectivity index (χ0n) is 19.4. The van der Waals surface area contributed by atoms with Gasteiger partial charge in [-0.05, 0) is 63.8 Å².